The minimum absolute atomic E-state index is 0.154. The lowest BCUT2D eigenvalue weighted by atomic mass is 9.51. The molecular weight excluding hydrogens is 236 g/mol. The van der Waals surface area contributed by atoms with Crippen LogP contribution >= 0.6 is 11.8 Å². The molecule has 0 amide bonds. The molecule has 17 heavy (non-hydrogen) atoms. The van der Waals surface area contributed by atoms with E-state index in [0.29, 0.717) is 25.2 Å². The number of esters is 1. The second-order valence-corrected chi connectivity index (χ2v) is 7.26. The Hall–Kier alpha value is -0.220. The summed E-state index contributed by atoms with van der Waals surface area (Å²) in [7, 11) is 0. The fourth-order valence-electron chi connectivity index (χ4n) is 3.42. The van der Waals surface area contributed by atoms with Gasteiger partial charge >= 0.3 is 5.97 Å². The number of hydrogen-bond acceptors (Lipinski definition) is 4. The summed E-state index contributed by atoms with van der Waals surface area (Å²) in [5.41, 5.74) is -1.34. The van der Waals surface area contributed by atoms with Crippen LogP contribution in [0.3, 0.4) is 0 Å². The van der Waals surface area contributed by atoms with Crippen molar-refractivity contribution in [3.05, 3.63) is 0 Å². The Morgan fingerprint density at radius 3 is 2.47 bits per heavy atom. The van der Waals surface area contributed by atoms with E-state index < -0.39 is 11.0 Å². The van der Waals surface area contributed by atoms with Gasteiger partial charge in [-0.25, -0.2) is 0 Å². The first kappa shape index (κ1) is 13.2. The Labute approximate surface area is 107 Å². The number of carbonyl (C=O) groups excluding carboxylic acids is 1. The molecule has 0 aromatic heterocycles. The zero-order valence-corrected chi connectivity index (χ0v) is 11.7. The highest BCUT2D eigenvalue weighted by Gasteiger charge is 2.65. The lowest BCUT2D eigenvalue weighted by molar-refractivity contribution is -0.208. The van der Waals surface area contributed by atoms with Gasteiger partial charge in [0.1, 0.15) is 5.41 Å². The summed E-state index contributed by atoms with van der Waals surface area (Å²) in [6, 6.07) is 0. The van der Waals surface area contributed by atoms with Crippen molar-refractivity contribution in [2.45, 2.75) is 45.6 Å². The van der Waals surface area contributed by atoms with E-state index in [1.165, 1.54) is 0 Å². The Morgan fingerprint density at radius 1 is 1.41 bits per heavy atom. The van der Waals surface area contributed by atoms with Gasteiger partial charge < -0.3 is 9.84 Å². The lowest BCUT2D eigenvalue weighted by Crippen LogP contribution is -2.63. The van der Waals surface area contributed by atoms with Gasteiger partial charge in [0.05, 0.1) is 12.2 Å². The van der Waals surface area contributed by atoms with Crippen molar-refractivity contribution in [1.82, 2.24) is 0 Å². The van der Waals surface area contributed by atoms with Gasteiger partial charge in [0.15, 0.2) is 0 Å². The zero-order valence-electron chi connectivity index (χ0n) is 10.9. The van der Waals surface area contributed by atoms with E-state index in [0.717, 1.165) is 12.2 Å². The number of ether oxygens (including phenoxy) is 1. The molecule has 0 bridgehead atoms. The van der Waals surface area contributed by atoms with Crippen molar-refractivity contribution in [1.29, 1.82) is 0 Å². The van der Waals surface area contributed by atoms with Gasteiger partial charge in [-0.15, -0.1) is 0 Å². The van der Waals surface area contributed by atoms with Crippen LogP contribution in [0.5, 0.6) is 0 Å². The third-order valence-corrected chi connectivity index (χ3v) is 5.31. The van der Waals surface area contributed by atoms with Crippen molar-refractivity contribution in [2.24, 2.45) is 10.8 Å². The van der Waals surface area contributed by atoms with Crippen LogP contribution in [0.25, 0.3) is 0 Å². The maximum atomic E-state index is 12.2. The molecule has 3 nitrogen and oxygen atoms in total. The molecule has 0 aromatic carbocycles. The minimum Gasteiger partial charge on any atom is -0.465 e. The van der Waals surface area contributed by atoms with Crippen LogP contribution in [0.15, 0.2) is 0 Å². The highest BCUT2D eigenvalue weighted by Crippen LogP contribution is 2.60. The topological polar surface area (TPSA) is 46.5 Å². The molecule has 1 aliphatic carbocycles. The average Bonchev–Trinajstić information content (AvgIpc) is 2.64. The Balaban J connectivity index is 2.21. The van der Waals surface area contributed by atoms with Gasteiger partial charge in [-0.3, -0.25) is 4.79 Å². The van der Waals surface area contributed by atoms with Crippen LogP contribution in [0, 0.1) is 10.8 Å². The maximum Gasteiger partial charge on any atom is 0.315 e. The molecule has 0 aromatic rings. The molecule has 0 spiro atoms. The highest BCUT2D eigenvalue weighted by molar-refractivity contribution is 7.99. The summed E-state index contributed by atoms with van der Waals surface area (Å²) in [4.78, 5) is 12.2. The molecule has 1 unspecified atom stereocenters. The summed E-state index contributed by atoms with van der Waals surface area (Å²) < 4.78 is 5.21. The summed E-state index contributed by atoms with van der Waals surface area (Å²) in [5, 5.41) is 10.8. The average molecular weight is 258 g/mol. The first-order valence-corrected chi connectivity index (χ1v) is 7.48. The lowest BCUT2D eigenvalue weighted by Gasteiger charge is -2.57. The molecule has 0 radical (unpaired) electrons. The Bertz CT molecular complexity index is 311. The Morgan fingerprint density at radius 2 is 2.06 bits per heavy atom. The summed E-state index contributed by atoms with van der Waals surface area (Å²) >= 11 is 1.75. The van der Waals surface area contributed by atoms with Crippen molar-refractivity contribution in [3.63, 3.8) is 0 Å². The number of hydrogen-bond donors (Lipinski definition) is 1. The number of aliphatic hydroxyl groups is 1. The van der Waals surface area contributed by atoms with Crippen molar-refractivity contribution in [2.75, 3.05) is 18.1 Å². The van der Waals surface area contributed by atoms with E-state index in [-0.39, 0.29) is 11.4 Å². The normalized spacial score (nSPS) is 34.1. The van der Waals surface area contributed by atoms with Crippen molar-refractivity contribution < 1.29 is 14.6 Å². The predicted molar refractivity (Wildman–Crippen MR) is 69.0 cm³/mol. The van der Waals surface area contributed by atoms with E-state index in [4.69, 9.17) is 4.74 Å². The van der Waals surface area contributed by atoms with Gasteiger partial charge in [0.2, 0.25) is 0 Å². The van der Waals surface area contributed by atoms with Crippen LogP contribution in [0.2, 0.25) is 0 Å². The smallest absolute Gasteiger partial charge is 0.315 e. The van der Waals surface area contributed by atoms with Crippen LogP contribution < -0.4 is 0 Å². The molecule has 2 aliphatic rings. The maximum absolute atomic E-state index is 12.2. The number of carbonyl (C=O) groups is 1. The zero-order chi connectivity index (χ0) is 12.7. The molecule has 1 aliphatic heterocycles. The first-order chi connectivity index (χ1) is 7.85. The van der Waals surface area contributed by atoms with E-state index in [9.17, 15) is 9.90 Å². The van der Waals surface area contributed by atoms with Crippen LogP contribution in [0.4, 0.5) is 0 Å². The molecule has 2 rings (SSSR count). The van der Waals surface area contributed by atoms with Crippen LogP contribution in [-0.4, -0.2) is 34.8 Å². The standard InChI is InChI=1S/C13H22O3S/c1-4-16-10(14)12(5-6-17-9-12)13(15)7-11(2,3)8-13/h15H,4-9H2,1-3H3. The molecule has 1 saturated carbocycles. The molecule has 1 N–H and O–H groups in total. The fourth-order valence-corrected chi connectivity index (χ4v) is 4.94. The second kappa shape index (κ2) is 4.16. The SMILES string of the molecule is CCOC(=O)C1(C2(O)CC(C)(C)C2)CCSC1. The largest absolute Gasteiger partial charge is 0.465 e. The molecular formula is C13H22O3S. The summed E-state index contributed by atoms with van der Waals surface area (Å²) in [6.07, 6.45) is 2.17. The minimum atomic E-state index is -0.841. The van der Waals surface area contributed by atoms with Gasteiger partial charge in [0.25, 0.3) is 0 Å². The molecule has 1 atom stereocenters. The first-order valence-electron chi connectivity index (χ1n) is 6.33. The van der Waals surface area contributed by atoms with Crippen LogP contribution in [-0.2, 0) is 9.53 Å². The number of rotatable bonds is 3. The van der Waals surface area contributed by atoms with E-state index >= 15 is 0 Å². The van der Waals surface area contributed by atoms with Crippen molar-refractivity contribution >= 4 is 17.7 Å². The third kappa shape index (κ3) is 1.99. The highest BCUT2D eigenvalue weighted by atomic mass is 32.2. The predicted octanol–water partition coefficient (Wildman–Crippen LogP) is 2.22. The van der Waals surface area contributed by atoms with Crippen LogP contribution in [0.1, 0.15) is 40.0 Å². The molecule has 1 saturated heterocycles. The van der Waals surface area contributed by atoms with E-state index in [1.807, 2.05) is 6.92 Å². The molecule has 4 heteroatoms. The van der Waals surface area contributed by atoms with E-state index in [2.05, 4.69) is 13.8 Å². The number of thioether (sulfide) groups is 1. The van der Waals surface area contributed by atoms with Gasteiger partial charge in [0, 0.05) is 5.75 Å². The van der Waals surface area contributed by atoms with Crippen molar-refractivity contribution in [3.8, 4) is 0 Å². The molecule has 98 valence electrons. The monoisotopic (exact) mass is 258 g/mol. The fraction of sp³-hybridized carbons (Fsp3) is 0.923. The molecule has 2 fully saturated rings. The Kier molecular flexibility index (Phi) is 3.24. The van der Waals surface area contributed by atoms with Gasteiger partial charge in [-0.2, -0.15) is 11.8 Å². The van der Waals surface area contributed by atoms with E-state index in [1.54, 1.807) is 11.8 Å². The third-order valence-electron chi connectivity index (χ3n) is 4.12. The van der Waals surface area contributed by atoms with Gasteiger partial charge in [-0.1, -0.05) is 13.8 Å². The van der Waals surface area contributed by atoms with Gasteiger partial charge in [-0.05, 0) is 37.4 Å². The summed E-state index contributed by atoms with van der Waals surface area (Å²) in [6.45, 7) is 6.50. The quantitative estimate of drug-likeness (QED) is 0.789. The molecule has 1 heterocycles. The second-order valence-electron chi connectivity index (χ2n) is 6.15. The summed E-state index contributed by atoms with van der Waals surface area (Å²) in [5.74, 6) is 1.46.